The highest BCUT2D eigenvalue weighted by Gasteiger charge is 2.21. The third-order valence-corrected chi connectivity index (χ3v) is 2.26. The Morgan fingerprint density at radius 2 is 2.00 bits per heavy atom. The van der Waals surface area contributed by atoms with Crippen molar-refractivity contribution in [2.24, 2.45) is 0 Å². The van der Waals surface area contributed by atoms with E-state index in [9.17, 15) is 9.50 Å². The van der Waals surface area contributed by atoms with Crippen LogP contribution in [-0.2, 0) is 0 Å². The SMILES string of the molecule is Cc1cc(C(O)C(O)CO)c(F)cc1N. The van der Waals surface area contributed by atoms with Crippen molar-refractivity contribution in [3.8, 4) is 0 Å². The summed E-state index contributed by atoms with van der Waals surface area (Å²) in [7, 11) is 0. The minimum atomic E-state index is -1.45. The van der Waals surface area contributed by atoms with E-state index in [1.54, 1.807) is 6.92 Å². The summed E-state index contributed by atoms with van der Waals surface area (Å²) in [6.45, 7) is 1.03. The molecular formula is C10H14FNO3. The highest BCUT2D eigenvalue weighted by molar-refractivity contribution is 5.48. The molecule has 2 unspecified atom stereocenters. The molecule has 1 aromatic carbocycles. The van der Waals surface area contributed by atoms with Crippen LogP contribution in [0, 0.1) is 12.7 Å². The van der Waals surface area contributed by atoms with Crippen LogP contribution >= 0.6 is 0 Å². The van der Waals surface area contributed by atoms with Gasteiger partial charge in [-0.2, -0.15) is 0 Å². The zero-order valence-corrected chi connectivity index (χ0v) is 8.31. The first kappa shape index (κ1) is 11.9. The zero-order valence-electron chi connectivity index (χ0n) is 8.31. The first-order valence-corrected chi connectivity index (χ1v) is 4.50. The molecule has 2 atom stereocenters. The lowest BCUT2D eigenvalue weighted by Gasteiger charge is -2.17. The van der Waals surface area contributed by atoms with Crippen LogP contribution in [0.3, 0.4) is 0 Å². The van der Waals surface area contributed by atoms with Crippen LogP contribution in [-0.4, -0.2) is 28.0 Å². The van der Waals surface area contributed by atoms with Crippen molar-refractivity contribution in [3.05, 3.63) is 29.1 Å². The number of hydrogen-bond donors (Lipinski definition) is 4. The topological polar surface area (TPSA) is 86.7 Å². The van der Waals surface area contributed by atoms with E-state index < -0.39 is 24.6 Å². The van der Waals surface area contributed by atoms with Gasteiger partial charge in [0.25, 0.3) is 0 Å². The van der Waals surface area contributed by atoms with E-state index in [1.165, 1.54) is 6.07 Å². The molecule has 0 spiro atoms. The quantitative estimate of drug-likeness (QED) is 0.539. The maximum atomic E-state index is 13.3. The summed E-state index contributed by atoms with van der Waals surface area (Å²) in [6.07, 6.45) is -2.85. The lowest BCUT2D eigenvalue weighted by Crippen LogP contribution is -2.23. The second-order valence-electron chi connectivity index (χ2n) is 3.43. The maximum absolute atomic E-state index is 13.3. The molecule has 1 aromatic rings. The van der Waals surface area contributed by atoms with Crippen LogP contribution in [0.25, 0.3) is 0 Å². The molecule has 0 aliphatic heterocycles. The van der Waals surface area contributed by atoms with Crippen molar-refractivity contribution in [1.82, 2.24) is 0 Å². The Bertz CT molecular complexity index is 357. The molecular weight excluding hydrogens is 201 g/mol. The smallest absolute Gasteiger partial charge is 0.131 e. The predicted molar refractivity (Wildman–Crippen MR) is 53.6 cm³/mol. The van der Waals surface area contributed by atoms with Gasteiger partial charge >= 0.3 is 0 Å². The lowest BCUT2D eigenvalue weighted by atomic mass is 10.0. The van der Waals surface area contributed by atoms with Crippen LogP contribution in [0.2, 0.25) is 0 Å². The van der Waals surface area contributed by atoms with Crippen molar-refractivity contribution in [2.45, 2.75) is 19.1 Å². The van der Waals surface area contributed by atoms with Crippen LogP contribution in [0.5, 0.6) is 0 Å². The highest BCUT2D eigenvalue weighted by Crippen LogP contribution is 2.24. The molecule has 0 fully saturated rings. The summed E-state index contributed by atoms with van der Waals surface area (Å²) >= 11 is 0. The van der Waals surface area contributed by atoms with Crippen LogP contribution in [0.1, 0.15) is 17.2 Å². The number of halogens is 1. The summed E-state index contributed by atoms with van der Waals surface area (Å²) in [5, 5.41) is 27.3. The average molecular weight is 215 g/mol. The van der Waals surface area contributed by atoms with Crippen LogP contribution in [0.4, 0.5) is 10.1 Å². The fraction of sp³-hybridized carbons (Fsp3) is 0.400. The van der Waals surface area contributed by atoms with Gasteiger partial charge in [-0.1, -0.05) is 0 Å². The van der Waals surface area contributed by atoms with E-state index >= 15 is 0 Å². The van der Waals surface area contributed by atoms with Gasteiger partial charge in [0.05, 0.1) is 6.61 Å². The molecule has 0 saturated carbocycles. The molecule has 84 valence electrons. The molecule has 0 heterocycles. The molecule has 0 saturated heterocycles. The van der Waals surface area contributed by atoms with Gasteiger partial charge in [-0.15, -0.1) is 0 Å². The molecule has 0 amide bonds. The van der Waals surface area contributed by atoms with Gasteiger partial charge in [0.2, 0.25) is 0 Å². The van der Waals surface area contributed by atoms with Crippen molar-refractivity contribution in [1.29, 1.82) is 0 Å². The minimum Gasteiger partial charge on any atom is -0.398 e. The summed E-state index contributed by atoms with van der Waals surface area (Å²) in [4.78, 5) is 0. The van der Waals surface area contributed by atoms with Gasteiger partial charge in [0.1, 0.15) is 18.0 Å². The number of nitrogen functional groups attached to an aromatic ring is 1. The van der Waals surface area contributed by atoms with E-state index in [-0.39, 0.29) is 11.3 Å². The molecule has 0 aromatic heterocycles. The molecule has 15 heavy (non-hydrogen) atoms. The Morgan fingerprint density at radius 3 is 2.53 bits per heavy atom. The van der Waals surface area contributed by atoms with Crippen molar-refractivity contribution in [3.63, 3.8) is 0 Å². The first-order chi connectivity index (χ1) is 6.97. The Hall–Kier alpha value is -1.17. The van der Waals surface area contributed by atoms with E-state index in [2.05, 4.69) is 0 Å². The van der Waals surface area contributed by atoms with E-state index in [0.29, 0.717) is 5.56 Å². The van der Waals surface area contributed by atoms with E-state index in [0.717, 1.165) is 6.07 Å². The van der Waals surface area contributed by atoms with Crippen molar-refractivity contribution in [2.75, 3.05) is 12.3 Å². The standard InChI is InChI=1S/C10H14FNO3/c1-5-2-6(7(11)3-8(5)12)10(15)9(14)4-13/h2-3,9-10,13-15H,4,12H2,1H3. The third-order valence-electron chi connectivity index (χ3n) is 2.26. The van der Waals surface area contributed by atoms with Gasteiger partial charge < -0.3 is 21.1 Å². The Labute approximate surface area is 86.8 Å². The number of nitrogens with two attached hydrogens (primary N) is 1. The summed E-state index contributed by atoms with van der Waals surface area (Å²) in [5.74, 6) is -0.696. The summed E-state index contributed by atoms with van der Waals surface area (Å²) in [6, 6.07) is 2.44. The van der Waals surface area contributed by atoms with Crippen LogP contribution < -0.4 is 5.73 Å². The molecule has 0 bridgehead atoms. The summed E-state index contributed by atoms with van der Waals surface area (Å²) in [5.41, 5.74) is 6.28. The van der Waals surface area contributed by atoms with Gasteiger partial charge in [-0.05, 0) is 24.6 Å². The van der Waals surface area contributed by atoms with Gasteiger partial charge in [-0.3, -0.25) is 0 Å². The molecule has 0 radical (unpaired) electrons. The molecule has 4 nitrogen and oxygen atoms in total. The maximum Gasteiger partial charge on any atom is 0.131 e. The number of anilines is 1. The van der Waals surface area contributed by atoms with E-state index in [1.807, 2.05) is 0 Å². The predicted octanol–water partition coefficient (Wildman–Crippen LogP) is 0.103. The molecule has 0 aliphatic carbocycles. The monoisotopic (exact) mass is 215 g/mol. The van der Waals surface area contributed by atoms with Crippen molar-refractivity contribution >= 4 is 5.69 Å². The molecule has 5 N–H and O–H groups in total. The number of aliphatic hydroxyl groups excluding tert-OH is 3. The van der Waals surface area contributed by atoms with Gasteiger partial charge in [-0.25, -0.2) is 4.39 Å². The fourth-order valence-corrected chi connectivity index (χ4v) is 1.25. The summed E-state index contributed by atoms with van der Waals surface area (Å²) < 4.78 is 13.3. The molecule has 0 aliphatic rings. The zero-order chi connectivity index (χ0) is 11.6. The number of hydrogen-bond acceptors (Lipinski definition) is 4. The normalized spacial score (nSPS) is 15.0. The first-order valence-electron chi connectivity index (χ1n) is 4.50. The fourth-order valence-electron chi connectivity index (χ4n) is 1.25. The van der Waals surface area contributed by atoms with Gasteiger partial charge in [0.15, 0.2) is 0 Å². The average Bonchev–Trinajstić information content (AvgIpc) is 2.21. The number of aliphatic hydroxyl groups is 3. The second-order valence-corrected chi connectivity index (χ2v) is 3.43. The lowest BCUT2D eigenvalue weighted by molar-refractivity contribution is -0.0168. The Morgan fingerprint density at radius 1 is 1.40 bits per heavy atom. The van der Waals surface area contributed by atoms with Crippen LogP contribution in [0.15, 0.2) is 12.1 Å². The number of rotatable bonds is 3. The van der Waals surface area contributed by atoms with Crippen molar-refractivity contribution < 1.29 is 19.7 Å². The number of benzene rings is 1. The highest BCUT2D eigenvalue weighted by atomic mass is 19.1. The largest absolute Gasteiger partial charge is 0.398 e. The minimum absolute atomic E-state index is 0.0664. The molecule has 5 heteroatoms. The van der Waals surface area contributed by atoms with Gasteiger partial charge in [0, 0.05) is 11.3 Å². The third kappa shape index (κ3) is 2.44. The Kier molecular flexibility index (Phi) is 3.62. The van der Waals surface area contributed by atoms with E-state index in [4.69, 9.17) is 15.9 Å². The number of aryl methyl sites for hydroxylation is 1. The Balaban J connectivity index is 3.09. The second kappa shape index (κ2) is 4.57. The molecule has 1 rings (SSSR count).